The van der Waals surface area contributed by atoms with E-state index in [1.807, 2.05) is 0 Å². The van der Waals surface area contributed by atoms with Crippen molar-refractivity contribution in [3.05, 3.63) is 39.9 Å². The number of carbonyl (C=O) groups excluding carboxylic acids is 1. The zero-order chi connectivity index (χ0) is 15.7. The van der Waals surface area contributed by atoms with Crippen LogP contribution in [0.3, 0.4) is 0 Å². The van der Waals surface area contributed by atoms with Crippen molar-refractivity contribution in [3.63, 3.8) is 0 Å². The lowest BCUT2D eigenvalue weighted by atomic mass is 10.2. The summed E-state index contributed by atoms with van der Waals surface area (Å²) in [5, 5.41) is 11.3. The Morgan fingerprint density at radius 2 is 2.09 bits per heavy atom. The molecule has 3 rings (SSSR count). The lowest BCUT2D eigenvalue weighted by Gasteiger charge is -2.09. The summed E-state index contributed by atoms with van der Waals surface area (Å²) >= 11 is 12.4. The Morgan fingerprint density at radius 3 is 2.70 bits per heavy atom. The molecule has 6 nitrogen and oxygen atoms in total. The largest absolute Gasteiger partial charge is 0.345 e. The predicted molar refractivity (Wildman–Crippen MR) is 92.1 cm³/mol. The van der Waals surface area contributed by atoms with Crippen LogP contribution in [-0.4, -0.2) is 39.8 Å². The molecule has 1 aromatic heterocycles. The topological polar surface area (TPSA) is 71.8 Å². The molecule has 0 radical (unpaired) electrons. The van der Waals surface area contributed by atoms with Gasteiger partial charge >= 0.3 is 0 Å². The smallest absolute Gasteiger partial charge is 0.291 e. The number of nitrogens with one attached hydrogen (secondary N) is 2. The average molecular weight is 377 g/mol. The van der Waals surface area contributed by atoms with E-state index in [1.54, 1.807) is 25.1 Å². The zero-order valence-corrected chi connectivity index (χ0v) is 14.7. The van der Waals surface area contributed by atoms with Crippen molar-refractivity contribution in [1.29, 1.82) is 0 Å². The number of halogens is 3. The minimum atomic E-state index is -0.293. The summed E-state index contributed by atoms with van der Waals surface area (Å²) in [6.07, 6.45) is 0.905. The summed E-state index contributed by atoms with van der Waals surface area (Å²) in [4.78, 5) is 16.4. The Hall–Kier alpha value is -1.34. The second kappa shape index (κ2) is 7.49. The second-order valence-electron chi connectivity index (χ2n) is 5.13. The average Bonchev–Trinajstić information content (AvgIpc) is 3.09. The molecule has 0 saturated carbocycles. The minimum Gasteiger partial charge on any atom is -0.345 e. The van der Waals surface area contributed by atoms with Crippen LogP contribution in [0.4, 0.5) is 0 Å². The van der Waals surface area contributed by atoms with Crippen LogP contribution in [0.2, 0.25) is 10.0 Å². The Kier molecular flexibility index (Phi) is 5.86. The van der Waals surface area contributed by atoms with E-state index in [1.165, 1.54) is 4.68 Å². The molecule has 1 aliphatic rings. The highest BCUT2D eigenvalue weighted by Crippen LogP contribution is 2.28. The number of carbonyl (C=O) groups is 1. The van der Waals surface area contributed by atoms with E-state index in [9.17, 15) is 4.79 Å². The molecule has 23 heavy (non-hydrogen) atoms. The highest BCUT2D eigenvalue weighted by Gasteiger charge is 2.22. The molecule has 1 amide bonds. The van der Waals surface area contributed by atoms with Gasteiger partial charge in [-0.2, -0.15) is 0 Å². The molecule has 2 aromatic rings. The first-order valence-electron chi connectivity index (χ1n) is 6.96. The lowest BCUT2D eigenvalue weighted by Crippen LogP contribution is -2.36. The molecule has 1 aliphatic heterocycles. The van der Waals surface area contributed by atoms with Gasteiger partial charge in [0, 0.05) is 12.6 Å². The fraction of sp³-hybridized carbons (Fsp3) is 0.357. The van der Waals surface area contributed by atoms with Gasteiger partial charge in [-0.15, -0.1) is 17.5 Å². The molecule has 1 saturated heterocycles. The summed E-state index contributed by atoms with van der Waals surface area (Å²) in [5.74, 6) is 0.365. The maximum absolute atomic E-state index is 12.2. The highest BCUT2D eigenvalue weighted by atomic mass is 35.5. The van der Waals surface area contributed by atoms with E-state index in [0.29, 0.717) is 21.6 Å². The van der Waals surface area contributed by atoms with Crippen LogP contribution in [0.1, 0.15) is 22.9 Å². The third-order valence-corrected chi connectivity index (χ3v) is 4.13. The van der Waals surface area contributed by atoms with Crippen LogP contribution in [-0.2, 0) is 0 Å². The fourth-order valence-corrected chi connectivity index (χ4v) is 2.97. The van der Waals surface area contributed by atoms with E-state index in [4.69, 9.17) is 23.2 Å². The lowest BCUT2D eigenvalue weighted by molar-refractivity contribution is 0.0929. The number of rotatable bonds is 3. The molecule has 124 valence electrons. The van der Waals surface area contributed by atoms with Gasteiger partial charge in [-0.1, -0.05) is 29.3 Å². The molecule has 2 heterocycles. The summed E-state index contributed by atoms with van der Waals surface area (Å²) < 4.78 is 1.49. The molecule has 1 unspecified atom stereocenters. The van der Waals surface area contributed by atoms with Crippen molar-refractivity contribution < 1.29 is 4.79 Å². The molecule has 1 aromatic carbocycles. The summed E-state index contributed by atoms with van der Waals surface area (Å²) in [6.45, 7) is 3.42. The van der Waals surface area contributed by atoms with E-state index >= 15 is 0 Å². The fourth-order valence-electron chi connectivity index (χ4n) is 2.42. The van der Waals surface area contributed by atoms with Gasteiger partial charge in [-0.05, 0) is 32.0 Å². The van der Waals surface area contributed by atoms with Gasteiger partial charge < -0.3 is 10.6 Å². The normalized spacial score (nSPS) is 16.9. The molecule has 0 aliphatic carbocycles. The van der Waals surface area contributed by atoms with Crippen LogP contribution in [0.15, 0.2) is 18.2 Å². The van der Waals surface area contributed by atoms with Crippen LogP contribution in [0.5, 0.6) is 0 Å². The first-order valence-corrected chi connectivity index (χ1v) is 7.71. The molecular weight excluding hydrogens is 361 g/mol. The van der Waals surface area contributed by atoms with Crippen LogP contribution in [0, 0.1) is 6.92 Å². The van der Waals surface area contributed by atoms with Crippen molar-refractivity contribution in [1.82, 2.24) is 25.4 Å². The van der Waals surface area contributed by atoms with Crippen molar-refractivity contribution in [2.75, 3.05) is 13.1 Å². The summed E-state index contributed by atoms with van der Waals surface area (Å²) in [5.41, 5.74) is 0.525. The molecule has 1 atom stereocenters. The maximum atomic E-state index is 12.2. The van der Waals surface area contributed by atoms with Crippen LogP contribution >= 0.6 is 35.6 Å². The van der Waals surface area contributed by atoms with Gasteiger partial charge in [-0.3, -0.25) is 4.79 Å². The SMILES string of the molecule is Cc1nc(C(=O)NC2CCNC2)nn1-c1c(Cl)cccc1Cl.Cl. The van der Waals surface area contributed by atoms with Gasteiger partial charge in [0.15, 0.2) is 0 Å². The van der Waals surface area contributed by atoms with E-state index in [0.717, 1.165) is 19.5 Å². The zero-order valence-electron chi connectivity index (χ0n) is 12.3. The minimum absolute atomic E-state index is 0. The van der Waals surface area contributed by atoms with Crippen LogP contribution < -0.4 is 10.6 Å². The van der Waals surface area contributed by atoms with Crippen molar-refractivity contribution in [2.45, 2.75) is 19.4 Å². The van der Waals surface area contributed by atoms with Crippen LogP contribution in [0.25, 0.3) is 5.69 Å². The number of nitrogens with zero attached hydrogens (tertiary/aromatic N) is 3. The monoisotopic (exact) mass is 375 g/mol. The Bertz CT molecular complexity index is 692. The number of hydrogen-bond acceptors (Lipinski definition) is 4. The second-order valence-corrected chi connectivity index (χ2v) is 5.94. The summed E-state index contributed by atoms with van der Waals surface area (Å²) in [6, 6.07) is 5.30. The van der Waals surface area contributed by atoms with Gasteiger partial charge in [0.1, 0.15) is 11.5 Å². The number of para-hydroxylation sites is 1. The molecule has 1 fully saturated rings. The number of benzene rings is 1. The Labute approximate surface area is 150 Å². The standard InChI is InChI=1S/C14H15Cl2N5O.ClH/c1-8-18-13(14(22)19-9-5-6-17-7-9)20-21(8)12-10(15)3-2-4-11(12)16;/h2-4,9,17H,5-7H2,1H3,(H,19,22);1H. The third-order valence-electron chi connectivity index (χ3n) is 3.52. The number of aromatic nitrogens is 3. The third kappa shape index (κ3) is 3.77. The molecule has 2 N–H and O–H groups in total. The van der Waals surface area contributed by atoms with E-state index < -0.39 is 0 Å². The molecule has 0 spiro atoms. The number of amides is 1. The van der Waals surface area contributed by atoms with E-state index in [-0.39, 0.29) is 30.2 Å². The Balaban J connectivity index is 0.00000192. The van der Waals surface area contributed by atoms with Gasteiger partial charge in [0.05, 0.1) is 10.0 Å². The van der Waals surface area contributed by atoms with Crippen molar-refractivity contribution in [2.24, 2.45) is 0 Å². The van der Waals surface area contributed by atoms with Gasteiger partial charge in [0.2, 0.25) is 5.82 Å². The predicted octanol–water partition coefficient (Wildman–Crippen LogP) is 2.40. The molecular formula is C14H16Cl3N5O. The van der Waals surface area contributed by atoms with Crippen molar-refractivity contribution >= 4 is 41.5 Å². The van der Waals surface area contributed by atoms with Gasteiger partial charge in [-0.25, -0.2) is 9.67 Å². The van der Waals surface area contributed by atoms with E-state index in [2.05, 4.69) is 20.7 Å². The molecule has 9 heteroatoms. The number of aryl methyl sites for hydroxylation is 1. The Morgan fingerprint density at radius 1 is 1.39 bits per heavy atom. The van der Waals surface area contributed by atoms with Crippen molar-refractivity contribution in [3.8, 4) is 5.69 Å². The first-order chi connectivity index (χ1) is 10.6. The quantitative estimate of drug-likeness (QED) is 0.863. The number of hydrogen-bond donors (Lipinski definition) is 2. The summed E-state index contributed by atoms with van der Waals surface area (Å²) in [7, 11) is 0. The van der Waals surface area contributed by atoms with Gasteiger partial charge in [0.25, 0.3) is 5.91 Å². The molecule has 0 bridgehead atoms. The highest BCUT2D eigenvalue weighted by molar-refractivity contribution is 6.37. The first kappa shape index (κ1) is 18.0. The maximum Gasteiger partial charge on any atom is 0.291 e.